The van der Waals surface area contributed by atoms with E-state index < -0.39 is 37.7 Å². The molecule has 2 aromatic carbocycles. The Kier molecular flexibility index (Phi) is 9.19. The second-order valence-corrected chi connectivity index (χ2v) is 14.4. The molecule has 0 aliphatic carbocycles. The summed E-state index contributed by atoms with van der Waals surface area (Å²) in [5, 5.41) is -0.0629. The van der Waals surface area contributed by atoms with Gasteiger partial charge < -0.3 is 4.74 Å². The van der Waals surface area contributed by atoms with Crippen LogP contribution >= 0.6 is 11.6 Å². The van der Waals surface area contributed by atoms with Crippen LogP contribution in [-0.2, 0) is 31.3 Å². The monoisotopic (exact) mass is 621 g/mol. The summed E-state index contributed by atoms with van der Waals surface area (Å²) in [4.78, 5) is 13.8. The number of sulfonamides is 2. The fraction of sp³-hybridized carbons (Fsp3) is 0.480. The first-order valence-corrected chi connectivity index (χ1v) is 16.5. The molecule has 0 spiro atoms. The van der Waals surface area contributed by atoms with Gasteiger partial charge in [0.2, 0.25) is 20.0 Å². The van der Waals surface area contributed by atoms with Crippen molar-refractivity contribution in [1.29, 1.82) is 0 Å². The van der Waals surface area contributed by atoms with Crippen LogP contribution in [0.1, 0.15) is 15.9 Å². The van der Waals surface area contributed by atoms with Crippen molar-refractivity contribution in [2.45, 2.75) is 12.6 Å². The van der Waals surface area contributed by atoms with Crippen molar-refractivity contribution in [1.82, 2.24) is 18.4 Å². The molecule has 2 aliphatic rings. The number of carbonyl (C=O) groups excluding carboxylic acids is 1. The van der Waals surface area contributed by atoms with Crippen LogP contribution in [0.2, 0.25) is 5.02 Å². The summed E-state index contributed by atoms with van der Waals surface area (Å²) in [6, 6.07) is 8.12. The van der Waals surface area contributed by atoms with E-state index in [4.69, 9.17) is 11.6 Å². The molecule has 2 heterocycles. The van der Waals surface area contributed by atoms with Gasteiger partial charge in [-0.25, -0.2) is 35.1 Å². The minimum Gasteiger partial charge on any atom is -0.465 e. The smallest absolute Gasteiger partial charge is 0.337 e. The van der Waals surface area contributed by atoms with Crippen molar-refractivity contribution in [3.05, 3.63) is 64.2 Å². The molecule has 0 unspecified atom stereocenters. The molecule has 0 amide bonds. The van der Waals surface area contributed by atoms with Crippen LogP contribution < -0.4 is 9.21 Å². The number of piperazine rings is 1. The van der Waals surface area contributed by atoms with Crippen molar-refractivity contribution in [3.63, 3.8) is 0 Å². The molecule has 15 heteroatoms. The normalized spacial score (nSPS) is 18.8. The third kappa shape index (κ3) is 6.98. The van der Waals surface area contributed by atoms with Crippen LogP contribution in [0, 0.1) is 11.6 Å². The predicted octanol–water partition coefficient (Wildman–Crippen LogP) is 1.79. The highest BCUT2D eigenvalue weighted by Crippen LogP contribution is 2.31. The summed E-state index contributed by atoms with van der Waals surface area (Å²) in [5.41, 5.74) is 0.765. The summed E-state index contributed by atoms with van der Waals surface area (Å²) in [5.74, 6) is -2.30. The molecule has 2 saturated heterocycles. The highest BCUT2D eigenvalue weighted by atomic mass is 35.5. The van der Waals surface area contributed by atoms with Gasteiger partial charge in [-0.1, -0.05) is 17.7 Å². The van der Waals surface area contributed by atoms with Crippen LogP contribution in [0.3, 0.4) is 0 Å². The number of hydrogen-bond acceptors (Lipinski definition) is 7. The Bertz CT molecular complexity index is 1480. The van der Waals surface area contributed by atoms with E-state index in [2.05, 4.69) is 14.4 Å². The maximum atomic E-state index is 14.4. The van der Waals surface area contributed by atoms with Gasteiger partial charge in [-0.05, 0) is 18.2 Å². The molecule has 40 heavy (non-hydrogen) atoms. The second kappa shape index (κ2) is 12.0. The summed E-state index contributed by atoms with van der Waals surface area (Å²) in [7, 11) is -5.92. The molecular weight excluding hydrogens is 590 g/mol. The Morgan fingerprint density at radius 3 is 2.33 bits per heavy atom. The largest absolute Gasteiger partial charge is 0.465 e. The van der Waals surface area contributed by atoms with Crippen LogP contribution in [0.15, 0.2) is 36.4 Å². The zero-order chi connectivity index (χ0) is 29.3. The lowest BCUT2D eigenvalue weighted by Gasteiger charge is -2.50. The first-order valence-electron chi connectivity index (χ1n) is 12.6. The fourth-order valence-electron chi connectivity index (χ4n) is 5.03. The maximum absolute atomic E-state index is 14.4. The maximum Gasteiger partial charge on any atom is 0.337 e. The van der Waals surface area contributed by atoms with Gasteiger partial charge in [-0.3, -0.25) is 9.38 Å². The number of benzene rings is 2. The van der Waals surface area contributed by atoms with E-state index in [9.17, 15) is 30.4 Å². The van der Waals surface area contributed by atoms with Gasteiger partial charge in [-0.2, -0.15) is 4.31 Å². The highest BCUT2D eigenvalue weighted by molar-refractivity contribution is 7.89. The van der Waals surface area contributed by atoms with Crippen molar-refractivity contribution in [2.75, 3.05) is 64.9 Å². The van der Waals surface area contributed by atoms with E-state index in [0.29, 0.717) is 45.0 Å². The van der Waals surface area contributed by atoms with Crippen molar-refractivity contribution in [3.8, 4) is 0 Å². The van der Waals surface area contributed by atoms with Gasteiger partial charge in [0.25, 0.3) is 0 Å². The lowest BCUT2D eigenvalue weighted by Crippen LogP contribution is -2.68. The first-order chi connectivity index (χ1) is 18.7. The average molecular weight is 622 g/mol. The molecule has 2 aliphatic heterocycles. The lowest BCUT2D eigenvalue weighted by atomic mass is 10.1. The standard InChI is InChI=1S/C25H32ClF2N4O6S2/c1-38-25(33)18-3-4-19(24(28)13-18)15-29-40(36,37)12-11-32(21-5-6-23(27)22(26)14-21)9-7-30(8-10-32)20-16-31(17-20)39(2,34)35/h3-6,13-14,20,29H,7-12,15-17H2,1-2H3/q+1. The number of methoxy groups -OCH3 is 1. The molecule has 1 N–H and O–H groups in total. The van der Waals surface area contributed by atoms with Gasteiger partial charge in [-0.15, -0.1) is 0 Å². The fourth-order valence-corrected chi connectivity index (χ4v) is 7.20. The Hall–Kier alpha value is -2.20. The third-order valence-corrected chi connectivity index (χ3v) is 10.5. The number of halogens is 3. The van der Waals surface area contributed by atoms with E-state index in [1.54, 1.807) is 6.07 Å². The molecule has 4 rings (SSSR count). The van der Waals surface area contributed by atoms with Crippen molar-refractivity contribution >= 4 is 43.3 Å². The van der Waals surface area contributed by atoms with Gasteiger partial charge in [0.1, 0.15) is 23.1 Å². The second-order valence-electron chi connectivity index (χ2n) is 10.1. The van der Waals surface area contributed by atoms with E-state index in [-0.39, 0.29) is 45.5 Å². The molecule has 10 nitrogen and oxygen atoms in total. The zero-order valence-corrected chi connectivity index (χ0v) is 24.5. The number of hydrogen-bond donors (Lipinski definition) is 1. The molecule has 0 aromatic heterocycles. The summed E-state index contributed by atoms with van der Waals surface area (Å²) >= 11 is 6.07. The van der Waals surface area contributed by atoms with Crippen LogP contribution in [0.25, 0.3) is 0 Å². The van der Waals surface area contributed by atoms with E-state index in [0.717, 1.165) is 6.07 Å². The molecule has 0 atom stereocenters. The quantitative estimate of drug-likeness (QED) is 0.318. The SMILES string of the molecule is COC(=O)c1ccc(CNS(=O)(=O)CC[N+]2(c3ccc(F)c(Cl)c3)CCN(C3CN(S(C)(=O)=O)C3)CC2)c(F)c1. The van der Waals surface area contributed by atoms with E-state index in [1.807, 2.05) is 0 Å². The van der Waals surface area contributed by atoms with E-state index in [1.165, 1.54) is 41.9 Å². The summed E-state index contributed by atoms with van der Waals surface area (Å²) in [6.45, 7) is 2.88. The lowest BCUT2D eigenvalue weighted by molar-refractivity contribution is 0.0446. The Balaban J connectivity index is 1.44. The van der Waals surface area contributed by atoms with Gasteiger partial charge in [0.05, 0.1) is 43.6 Å². The van der Waals surface area contributed by atoms with Gasteiger partial charge in [0, 0.05) is 56.5 Å². The molecule has 0 radical (unpaired) electrons. The summed E-state index contributed by atoms with van der Waals surface area (Å²) < 4.78 is 86.4. The first kappa shape index (κ1) is 30.8. The number of rotatable bonds is 10. The molecule has 0 bridgehead atoms. The highest BCUT2D eigenvalue weighted by Gasteiger charge is 2.43. The third-order valence-electron chi connectivity index (χ3n) is 7.64. The Morgan fingerprint density at radius 2 is 1.75 bits per heavy atom. The van der Waals surface area contributed by atoms with Gasteiger partial charge >= 0.3 is 5.97 Å². The minimum atomic E-state index is -3.86. The summed E-state index contributed by atoms with van der Waals surface area (Å²) in [6.07, 6.45) is 1.18. The molecule has 220 valence electrons. The Labute approximate surface area is 238 Å². The number of esters is 1. The number of ether oxygens (including phenoxy) is 1. The number of quaternary nitrogens is 1. The predicted molar refractivity (Wildman–Crippen MR) is 148 cm³/mol. The number of nitrogens with one attached hydrogen (secondary N) is 1. The van der Waals surface area contributed by atoms with Crippen LogP contribution in [0.4, 0.5) is 14.5 Å². The van der Waals surface area contributed by atoms with Crippen LogP contribution in [-0.4, -0.2) is 103 Å². The molecule has 2 aromatic rings. The number of nitrogens with zero attached hydrogens (tertiary/aromatic N) is 3. The van der Waals surface area contributed by atoms with Crippen molar-refractivity contribution in [2.24, 2.45) is 0 Å². The van der Waals surface area contributed by atoms with Crippen LogP contribution in [0.5, 0.6) is 0 Å². The molecule has 0 saturated carbocycles. The Morgan fingerprint density at radius 1 is 1.07 bits per heavy atom. The minimum absolute atomic E-state index is 0.0149. The average Bonchev–Trinajstić information content (AvgIpc) is 2.87. The topological polar surface area (TPSA) is 113 Å². The van der Waals surface area contributed by atoms with Gasteiger partial charge in [0.15, 0.2) is 0 Å². The molecule has 2 fully saturated rings. The van der Waals surface area contributed by atoms with E-state index >= 15 is 0 Å². The zero-order valence-electron chi connectivity index (χ0n) is 22.1. The number of carbonyl (C=O) groups is 1. The van der Waals surface area contributed by atoms with Crippen molar-refractivity contribution < 1.29 is 35.1 Å². The molecular formula is C25H32ClF2N4O6S2+.